The Labute approximate surface area is 159 Å². The van der Waals surface area contributed by atoms with E-state index in [4.69, 9.17) is 4.42 Å². The van der Waals surface area contributed by atoms with Crippen LogP contribution in [0.4, 0.5) is 5.69 Å². The first kappa shape index (κ1) is 18.3. The molecular formula is C19H18N2O3S2. The summed E-state index contributed by atoms with van der Waals surface area (Å²) in [5.41, 5.74) is 0.626. The molecule has 0 aliphatic heterocycles. The Morgan fingerprint density at radius 3 is 2.65 bits per heavy atom. The SMILES string of the molecule is CSc1ccccc1NC(=O)C(=O)NC[C@@H](c1ccco1)c1cccs1. The third kappa shape index (κ3) is 4.36. The summed E-state index contributed by atoms with van der Waals surface area (Å²) in [6.45, 7) is 0.282. The van der Waals surface area contributed by atoms with Crippen molar-refractivity contribution >= 4 is 40.6 Å². The van der Waals surface area contributed by atoms with Gasteiger partial charge in [-0.25, -0.2) is 0 Å². The van der Waals surface area contributed by atoms with Crippen molar-refractivity contribution in [3.05, 3.63) is 70.8 Å². The van der Waals surface area contributed by atoms with E-state index < -0.39 is 11.8 Å². The third-order valence-electron chi connectivity index (χ3n) is 3.80. The van der Waals surface area contributed by atoms with Crippen LogP contribution in [-0.4, -0.2) is 24.6 Å². The van der Waals surface area contributed by atoms with E-state index in [1.54, 1.807) is 23.7 Å². The second kappa shape index (κ2) is 8.73. The van der Waals surface area contributed by atoms with Crippen LogP contribution in [0.3, 0.4) is 0 Å². The molecule has 2 amide bonds. The smallest absolute Gasteiger partial charge is 0.313 e. The lowest BCUT2D eigenvalue weighted by molar-refractivity contribution is -0.136. The van der Waals surface area contributed by atoms with Crippen LogP contribution in [0.15, 0.2) is 69.5 Å². The summed E-state index contributed by atoms with van der Waals surface area (Å²) >= 11 is 3.09. The Hall–Kier alpha value is -2.51. The number of rotatable bonds is 6. The standard InChI is InChI=1S/C19H18N2O3S2/c1-25-17-8-3-2-6-14(17)21-19(23)18(22)20-12-13(15-7-4-10-24-15)16-9-5-11-26-16/h2-11,13H,12H2,1H3,(H,20,22)(H,21,23)/t13-/m0/s1. The van der Waals surface area contributed by atoms with Gasteiger partial charge in [0.25, 0.3) is 0 Å². The highest BCUT2D eigenvalue weighted by Crippen LogP contribution is 2.28. The summed E-state index contributed by atoms with van der Waals surface area (Å²) in [5.74, 6) is -0.731. The zero-order chi connectivity index (χ0) is 18.4. The molecule has 0 aliphatic rings. The number of thioether (sulfide) groups is 1. The summed E-state index contributed by atoms with van der Waals surface area (Å²) in [5, 5.41) is 7.34. The first-order valence-corrected chi connectivity index (χ1v) is 10.1. The van der Waals surface area contributed by atoms with Crippen molar-refractivity contribution in [3.63, 3.8) is 0 Å². The minimum atomic E-state index is -0.684. The molecule has 5 nitrogen and oxygen atoms in total. The molecule has 0 spiro atoms. The molecule has 134 valence electrons. The van der Waals surface area contributed by atoms with E-state index in [0.29, 0.717) is 5.69 Å². The molecule has 0 saturated heterocycles. The summed E-state index contributed by atoms with van der Waals surface area (Å²) in [4.78, 5) is 26.4. The zero-order valence-electron chi connectivity index (χ0n) is 14.1. The van der Waals surface area contributed by atoms with Gasteiger partial charge < -0.3 is 15.1 Å². The van der Waals surface area contributed by atoms with Crippen molar-refractivity contribution in [3.8, 4) is 0 Å². The maximum absolute atomic E-state index is 12.2. The van der Waals surface area contributed by atoms with Crippen LogP contribution in [0.2, 0.25) is 0 Å². The number of furan rings is 1. The molecule has 0 saturated carbocycles. The summed E-state index contributed by atoms with van der Waals surface area (Å²) < 4.78 is 5.49. The molecule has 2 aromatic heterocycles. The molecule has 7 heteroatoms. The first-order chi connectivity index (χ1) is 12.7. The number of carbonyl (C=O) groups excluding carboxylic acids is 2. The van der Waals surface area contributed by atoms with Gasteiger partial charge in [-0.1, -0.05) is 18.2 Å². The van der Waals surface area contributed by atoms with Crippen molar-refractivity contribution in [2.24, 2.45) is 0 Å². The predicted molar refractivity (Wildman–Crippen MR) is 105 cm³/mol. The van der Waals surface area contributed by atoms with Crippen molar-refractivity contribution in [2.75, 3.05) is 18.1 Å². The number of hydrogen-bond acceptors (Lipinski definition) is 5. The molecule has 0 bridgehead atoms. The lowest BCUT2D eigenvalue weighted by Gasteiger charge is -2.14. The quantitative estimate of drug-likeness (QED) is 0.497. The number of nitrogens with one attached hydrogen (secondary N) is 2. The maximum Gasteiger partial charge on any atom is 0.313 e. The Kier molecular flexibility index (Phi) is 6.14. The monoisotopic (exact) mass is 386 g/mol. The van der Waals surface area contributed by atoms with Crippen LogP contribution in [0.25, 0.3) is 0 Å². The third-order valence-corrected chi connectivity index (χ3v) is 5.58. The molecule has 2 heterocycles. The van der Waals surface area contributed by atoms with Gasteiger partial charge in [-0.15, -0.1) is 23.1 Å². The van der Waals surface area contributed by atoms with Crippen LogP contribution >= 0.6 is 23.1 Å². The minimum Gasteiger partial charge on any atom is -0.469 e. The number of thiophene rings is 1. The first-order valence-electron chi connectivity index (χ1n) is 7.98. The minimum absolute atomic E-state index is 0.125. The summed E-state index contributed by atoms with van der Waals surface area (Å²) in [7, 11) is 0. The number of amides is 2. The van der Waals surface area contributed by atoms with Crippen molar-refractivity contribution in [1.29, 1.82) is 0 Å². The predicted octanol–water partition coefficient (Wildman–Crippen LogP) is 3.95. The Balaban J connectivity index is 1.64. The van der Waals surface area contributed by atoms with Crippen molar-refractivity contribution < 1.29 is 14.0 Å². The molecule has 3 aromatic rings. The highest BCUT2D eigenvalue weighted by Gasteiger charge is 2.21. The summed E-state index contributed by atoms with van der Waals surface area (Å²) in [6.07, 6.45) is 3.52. The van der Waals surface area contributed by atoms with Gasteiger partial charge in [-0.2, -0.15) is 0 Å². The van der Waals surface area contributed by atoms with Gasteiger partial charge >= 0.3 is 11.8 Å². The molecule has 0 fully saturated rings. The molecule has 0 radical (unpaired) electrons. The molecular weight excluding hydrogens is 368 g/mol. The highest BCUT2D eigenvalue weighted by atomic mass is 32.2. The number of hydrogen-bond donors (Lipinski definition) is 2. The van der Waals surface area contributed by atoms with E-state index in [-0.39, 0.29) is 12.5 Å². The molecule has 1 atom stereocenters. The van der Waals surface area contributed by atoms with E-state index in [1.165, 1.54) is 11.8 Å². The van der Waals surface area contributed by atoms with Crippen LogP contribution < -0.4 is 10.6 Å². The van der Waals surface area contributed by atoms with Crippen molar-refractivity contribution in [2.45, 2.75) is 10.8 Å². The molecule has 3 rings (SSSR count). The largest absolute Gasteiger partial charge is 0.469 e. The Bertz CT molecular complexity index is 827. The topological polar surface area (TPSA) is 71.3 Å². The summed E-state index contributed by atoms with van der Waals surface area (Å²) in [6, 6.07) is 15.0. The molecule has 1 aromatic carbocycles. The molecule has 2 N–H and O–H groups in total. The second-order valence-electron chi connectivity index (χ2n) is 5.45. The van der Waals surface area contributed by atoms with E-state index in [2.05, 4.69) is 10.6 Å². The van der Waals surface area contributed by atoms with Gasteiger partial charge in [-0.3, -0.25) is 9.59 Å². The average Bonchev–Trinajstić information content (AvgIpc) is 3.36. The van der Waals surface area contributed by atoms with Gasteiger partial charge in [0, 0.05) is 16.3 Å². The lowest BCUT2D eigenvalue weighted by atomic mass is 10.0. The van der Waals surface area contributed by atoms with E-state index in [1.807, 2.05) is 54.1 Å². The van der Waals surface area contributed by atoms with Gasteiger partial charge in [-0.05, 0) is 42.0 Å². The highest BCUT2D eigenvalue weighted by molar-refractivity contribution is 7.98. The zero-order valence-corrected chi connectivity index (χ0v) is 15.7. The second-order valence-corrected chi connectivity index (χ2v) is 7.28. The van der Waals surface area contributed by atoms with E-state index in [9.17, 15) is 9.59 Å². The van der Waals surface area contributed by atoms with Crippen LogP contribution in [-0.2, 0) is 9.59 Å². The van der Waals surface area contributed by atoms with Crippen LogP contribution in [0.1, 0.15) is 16.6 Å². The maximum atomic E-state index is 12.2. The molecule has 0 aliphatic carbocycles. The van der Waals surface area contributed by atoms with Crippen LogP contribution in [0.5, 0.6) is 0 Å². The fourth-order valence-electron chi connectivity index (χ4n) is 2.52. The Morgan fingerprint density at radius 2 is 1.96 bits per heavy atom. The molecule has 0 unspecified atom stereocenters. The van der Waals surface area contributed by atoms with Gasteiger partial charge in [0.15, 0.2) is 0 Å². The van der Waals surface area contributed by atoms with E-state index in [0.717, 1.165) is 15.5 Å². The van der Waals surface area contributed by atoms with Gasteiger partial charge in [0.2, 0.25) is 0 Å². The van der Waals surface area contributed by atoms with Gasteiger partial charge in [0.1, 0.15) is 5.76 Å². The van der Waals surface area contributed by atoms with Crippen molar-refractivity contribution in [1.82, 2.24) is 5.32 Å². The molecule has 26 heavy (non-hydrogen) atoms. The normalized spacial score (nSPS) is 11.7. The number of carbonyl (C=O) groups is 2. The number of anilines is 1. The number of para-hydroxylation sites is 1. The van der Waals surface area contributed by atoms with Crippen LogP contribution in [0, 0.1) is 0 Å². The fourth-order valence-corrected chi connectivity index (χ4v) is 3.91. The average molecular weight is 386 g/mol. The number of benzene rings is 1. The fraction of sp³-hybridized carbons (Fsp3) is 0.158. The van der Waals surface area contributed by atoms with Gasteiger partial charge in [0.05, 0.1) is 17.9 Å². The lowest BCUT2D eigenvalue weighted by Crippen LogP contribution is -2.37. The Morgan fingerprint density at radius 1 is 1.12 bits per heavy atom. The van der Waals surface area contributed by atoms with E-state index >= 15 is 0 Å².